The number of ether oxygens (including phenoxy) is 2. The second-order valence-corrected chi connectivity index (χ2v) is 14.6. The minimum atomic E-state index is -1.20. The monoisotopic (exact) mass is 814 g/mol. The van der Waals surface area contributed by atoms with Gasteiger partial charge in [-0.05, 0) is 70.8 Å². The van der Waals surface area contributed by atoms with E-state index in [1.54, 1.807) is 36.4 Å². The van der Waals surface area contributed by atoms with Gasteiger partial charge in [0.05, 0.1) is 25.3 Å². The highest BCUT2D eigenvalue weighted by Gasteiger charge is 2.28. The van der Waals surface area contributed by atoms with E-state index in [1.807, 2.05) is 72.8 Å². The van der Waals surface area contributed by atoms with Crippen molar-refractivity contribution in [2.45, 2.75) is 0 Å². The van der Waals surface area contributed by atoms with Gasteiger partial charge >= 0.3 is 11.9 Å². The van der Waals surface area contributed by atoms with Crippen LogP contribution in [0.15, 0.2) is 121 Å². The van der Waals surface area contributed by atoms with Crippen LogP contribution in [-0.2, 0) is 0 Å². The Morgan fingerprint density at radius 1 is 0.403 bits per heavy atom. The quantitative estimate of drug-likeness (QED) is 0.124. The number of hydrogen-bond donors (Lipinski definition) is 4. The van der Waals surface area contributed by atoms with Gasteiger partial charge in [-0.3, -0.25) is 0 Å². The fourth-order valence-electron chi connectivity index (χ4n) is 8.26. The number of carbonyl (C=O) groups is 2. The molecule has 4 N–H and O–H groups in total. The highest BCUT2D eigenvalue weighted by Crippen LogP contribution is 2.46. The van der Waals surface area contributed by atoms with Gasteiger partial charge in [0.25, 0.3) is 0 Å². The van der Waals surface area contributed by atoms with Crippen molar-refractivity contribution < 1.29 is 29.3 Å². The van der Waals surface area contributed by atoms with Crippen LogP contribution in [-0.4, -0.2) is 76.2 Å². The van der Waals surface area contributed by atoms with E-state index in [1.165, 1.54) is 26.4 Å². The average Bonchev–Trinajstić information content (AvgIpc) is 4.03. The Hall–Kier alpha value is -8.78. The minimum absolute atomic E-state index is 0.0591. The van der Waals surface area contributed by atoms with Crippen molar-refractivity contribution in [3.8, 4) is 79.3 Å². The second kappa shape index (κ2) is 13.9. The maximum Gasteiger partial charge on any atom is 0.336 e. The van der Waals surface area contributed by atoms with E-state index >= 15 is 0 Å². The highest BCUT2D eigenvalue weighted by molar-refractivity contribution is 6.08. The zero-order valence-electron chi connectivity index (χ0n) is 32.8. The average molecular weight is 815 g/mol. The van der Waals surface area contributed by atoms with Gasteiger partial charge in [-0.2, -0.15) is 0 Å². The number of methoxy groups -OCH3 is 2. The lowest BCUT2D eigenvalue weighted by Gasteiger charge is -2.17. The van der Waals surface area contributed by atoms with E-state index in [0.717, 1.165) is 32.7 Å². The minimum Gasteiger partial charge on any atom is -0.497 e. The van der Waals surface area contributed by atoms with Crippen molar-refractivity contribution in [1.29, 1.82) is 0 Å². The zero-order chi connectivity index (χ0) is 42.2. The molecule has 2 aliphatic rings. The lowest BCUT2D eigenvalue weighted by atomic mass is 9.86. The SMILES string of the molecule is COc1ccc(-c2cc3c(cc2-c2ccc(OC)cc2C(=O)O)-c2nc-3nc3[nH]c(nc4nc(nc5[nH]c(n2)c2ccccc52)-c2ccccc2-4)c2ccccc32)c(C(=O)O)c1. The Morgan fingerprint density at radius 2 is 0.742 bits per heavy atom. The first-order valence-electron chi connectivity index (χ1n) is 19.4. The number of rotatable bonds is 6. The van der Waals surface area contributed by atoms with E-state index in [9.17, 15) is 19.8 Å². The molecule has 0 saturated heterocycles. The summed E-state index contributed by atoms with van der Waals surface area (Å²) < 4.78 is 10.8. The summed E-state index contributed by atoms with van der Waals surface area (Å²) in [6.07, 6.45) is 0. The van der Waals surface area contributed by atoms with Crippen LogP contribution in [0.3, 0.4) is 0 Å². The fourth-order valence-corrected chi connectivity index (χ4v) is 8.26. The molecule has 8 bridgehead atoms. The molecular formula is C48H30N8O6. The van der Waals surface area contributed by atoms with Gasteiger partial charge in [0.2, 0.25) is 0 Å². The molecule has 14 heteroatoms. The van der Waals surface area contributed by atoms with E-state index in [0.29, 0.717) is 79.1 Å². The second-order valence-electron chi connectivity index (χ2n) is 14.6. The standard InChI is InChI=1S/C48H30N8O6/c1-61-23-15-17-25(37(19-23)47(57)58)33-21-35-36(22-34(33)26-18-16-24(62-2)20-38(26)48(59)60)46-55-44-32-14-8-6-12-30(32)42(53-44)51-40-28-10-4-3-9-27(28)39(49-40)50-41-29-11-5-7-13-31(29)43(52-41)54-45(35)56-46/h3-22H,1-2H3,(H,57,58)(H,59,60)(H2,49,50,51,52,53,54,55,56). The van der Waals surface area contributed by atoms with Crippen LogP contribution in [0.2, 0.25) is 0 Å². The van der Waals surface area contributed by atoms with Crippen molar-refractivity contribution >= 4 is 56.1 Å². The number of fused-ring (bicyclic) bond motifs is 20. The van der Waals surface area contributed by atoms with E-state index in [4.69, 9.17) is 39.4 Å². The Labute approximate surface area is 350 Å². The van der Waals surface area contributed by atoms with Crippen LogP contribution in [0.4, 0.5) is 0 Å². The van der Waals surface area contributed by atoms with E-state index < -0.39 is 11.9 Å². The van der Waals surface area contributed by atoms with Crippen molar-refractivity contribution in [3.63, 3.8) is 0 Å². The number of nitrogens with one attached hydrogen (secondary N) is 2. The Balaban J connectivity index is 1.30. The van der Waals surface area contributed by atoms with Crippen LogP contribution in [0.25, 0.3) is 112 Å². The summed E-state index contributed by atoms with van der Waals surface area (Å²) in [6.45, 7) is 0. The molecular weight excluding hydrogens is 785 g/mol. The van der Waals surface area contributed by atoms with Crippen molar-refractivity contribution in [1.82, 2.24) is 39.9 Å². The summed E-state index contributed by atoms with van der Waals surface area (Å²) in [5.41, 5.74) is 6.03. The molecule has 298 valence electrons. The topological polar surface area (TPSA) is 202 Å². The van der Waals surface area contributed by atoms with Gasteiger partial charge < -0.3 is 29.7 Å². The van der Waals surface area contributed by atoms with E-state index in [2.05, 4.69) is 9.97 Å². The number of carboxylic acids is 2. The summed E-state index contributed by atoms with van der Waals surface area (Å²) in [6, 6.07) is 36.3. The summed E-state index contributed by atoms with van der Waals surface area (Å²) in [4.78, 5) is 63.2. The van der Waals surface area contributed by atoms with Gasteiger partial charge in [0.15, 0.2) is 23.3 Å². The van der Waals surface area contributed by atoms with Gasteiger partial charge in [0, 0.05) is 43.8 Å². The smallest absolute Gasteiger partial charge is 0.336 e. The van der Waals surface area contributed by atoms with Crippen molar-refractivity contribution in [3.05, 3.63) is 132 Å². The maximum atomic E-state index is 12.9. The fraction of sp³-hybridized carbons (Fsp3) is 0.0417. The molecule has 2 aliphatic heterocycles. The number of aromatic carboxylic acids is 2. The Bertz CT molecular complexity index is 3370. The Kier molecular flexibility index (Phi) is 8.15. The summed E-state index contributed by atoms with van der Waals surface area (Å²) >= 11 is 0. The van der Waals surface area contributed by atoms with Crippen molar-refractivity contribution in [2.24, 2.45) is 0 Å². The normalized spacial score (nSPS) is 11.6. The number of hydrogen-bond acceptors (Lipinski definition) is 10. The van der Waals surface area contributed by atoms with Crippen LogP contribution < -0.4 is 9.47 Å². The lowest BCUT2D eigenvalue weighted by Crippen LogP contribution is -2.04. The Morgan fingerprint density at radius 3 is 1.08 bits per heavy atom. The van der Waals surface area contributed by atoms with Gasteiger partial charge in [-0.1, -0.05) is 72.8 Å². The number of carboxylic acid groups (broad SMARTS) is 2. The molecule has 0 radical (unpaired) electrons. The molecule has 0 unspecified atom stereocenters. The third-order valence-corrected chi connectivity index (χ3v) is 11.2. The largest absolute Gasteiger partial charge is 0.497 e. The van der Waals surface area contributed by atoms with Crippen LogP contribution in [0, 0.1) is 0 Å². The summed E-state index contributed by atoms with van der Waals surface area (Å²) in [5.74, 6) is -0.220. The first-order chi connectivity index (χ1) is 30.3. The number of aromatic nitrogens is 8. The van der Waals surface area contributed by atoms with Gasteiger partial charge in [-0.15, -0.1) is 0 Å². The number of benzene rings is 6. The molecule has 14 nitrogen and oxygen atoms in total. The molecule has 0 atom stereocenters. The van der Waals surface area contributed by atoms with Crippen molar-refractivity contribution in [2.75, 3.05) is 14.2 Å². The molecule has 6 aromatic carbocycles. The molecule has 0 saturated carbocycles. The third kappa shape index (κ3) is 5.72. The molecule has 0 aliphatic carbocycles. The number of aromatic amines is 2. The molecule has 11 rings (SSSR count). The summed E-state index contributed by atoms with van der Waals surface area (Å²) in [5, 5.41) is 24.3. The predicted molar refractivity (Wildman–Crippen MR) is 234 cm³/mol. The highest BCUT2D eigenvalue weighted by atomic mass is 16.5. The predicted octanol–water partition coefficient (Wildman–Crippen LogP) is 9.62. The van der Waals surface area contributed by atoms with Crippen LogP contribution >= 0.6 is 0 Å². The zero-order valence-corrected chi connectivity index (χ0v) is 32.8. The summed E-state index contributed by atoms with van der Waals surface area (Å²) in [7, 11) is 2.91. The molecule has 3 aromatic heterocycles. The van der Waals surface area contributed by atoms with E-state index in [-0.39, 0.29) is 22.8 Å². The maximum absolute atomic E-state index is 12.9. The van der Waals surface area contributed by atoms with Gasteiger partial charge in [-0.25, -0.2) is 39.5 Å². The molecule has 0 fully saturated rings. The number of H-pyrrole nitrogens is 2. The third-order valence-electron chi connectivity index (χ3n) is 11.2. The molecule has 62 heavy (non-hydrogen) atoms. The molecule has 5 heterocycles. The lowest BCUT2D eigenvalue weighted by molar-refractivity contribution is 0.0686. The van der Waals surface area contributed by atoms with Crippen LogP contribution in [0.5, 0.6) is 11.5 Å². The first-order valence-corrected chi connectivity index (χ1v) is 19.4. The first kappa shape index (κ1) is 36.3. The molecule has 0 spiro atoms. The van der Waals surface area contributed by atoms with Gasteiger partial charge in [0.1, 0.15) is 34.1 Å². The molecule has 0 amide bonds. The molecule has 9 aromatic rings. The number of nitrogens with zero attached hydrogens (tertiary/aromatic N) is 6. The van der Waals surface area contributed by atoms with Crippen LogP contribution in [0.1, 0.15) is 20.7 Å².